The zero-order chi connectivity index (χ0) is 13.9. The van der Waals surface area contributed by atoms with Gasteiger partial charge in [0, 0.05) is 11.7 Å². The maximum Gasteiger partial charge on any atom is 0.0345 e. The summed E-state index contributed by atoms with van der Waals surface area (Å²) < 4.78 is 0. The first-order chi connectivity index (χ1) is 8.96. The van der Waals surface area contributed by atoms with Crippen molar-refractivity contribution in [2.45, 2.75) is 71.8 Å². The minimum Gasteiger partial charge on any atom is -0.382 e. The molecule has 0 spiro atoms. The highest BCUT2D eigenvalue weighted by Crippen LogP contribution is 2.34. The average molecular weight is 259 g/mol. The second kappa shape index (κ2) is 5.98. The van der Waals surface area contributed by atoms with Crippen LogP contribution in [0.2, 0.25) is 0 Å². The first kappa shape index (κ1) is 14.4. The second-order valence-electron chi connectivity index (χ2n) is 7.22. The predicted octanol–water partition coefficient (Wildman–Crippen LogP) is 5.58. The smallest absolute Gasteiger partial charge is 0.0345 e. The molecule has 0 bridgehead atoms. The number of benzene rings is 1. The van der Waals surface area contributed by atoms with E-state index in [1.807, 2.05) is 0 Å². The molecule has 0 aromatic heterocycles. The molecule has 1 saturated carbocycles. The monoisotopic (exact) mass is 259 g/mol. The third-order valence-electron chi connectivity index (χ3n) is 4.50. The molecule has 1 aromatic carbocycles. The first-order valence-corrected chi connectivity index (χ1v) is 7.83. The van der Waals surface area contributed by atoms with Gasteiger partial charge < -0.3 is 5.32 Å². The molecule has 1 N–H and O–H groups in total. The summed E-state index contributed by atoms with van der Waals surface area (Å²) >= 11 is 0. The Kier molecular flexibility index (Phi) is 4.54. The summed E-state index contributed by atoms with van der Waals surface area (Å²) in [6.07, 6.45) is 6.69. The summed E-state index contributed by atoms with van der Waals surface area (Å²) in [5, 5.41) is 3.75. The van der Waals surface area contributed by atoms with Crippen LogP contribution in [0.4, 0.5) is 5.69 Å². The molecule has 2 rings (SSSR count). The maximum atomic E-state index is 3.75. The average Bonchev–Trinajstić information content (AvgIpc) is 2.51. The lowest BCUT2D eigenvalue weighted by atomic mass is 9.85. The molecule has 1 nitrogen and oxygen atoms in total. The van der Waals surface area contributed by atoms with Crippen molar-refractivity contribution in [2.75, 3.05) is 5.32 Å². The van der Waals surface area contributed by atoms with Gasteiger partial charge in [-0.05, 0) is 54.7 Å². The topological polar surface area (TPSA) is 12.0 Å². The molecule has 1 aliphatic rings. The van der Waals surface area contributed by atoms with E-state index in [-0.39, 0.29) is 0 Å². The molecular formula is C18H29N. The van der Waals surface area contributed by atoms with Gasteiger partial charge in [0.15, 0.2) is 0 Å². The van der Waals surface area contributed by atoms with E-state index in [2.05, 4.69) is 57.3 Å². The zero-order valence-electron chi connectivity index (χ0n) is 13.0. The third-order valence-corrected chi connectivity index (χ3v) is 4.50. The summed E-state index contributed by atoms with van der Waals surface area (Å²) in [5.41, 5.74) is 3.27. The molecule has 1 aromatic rings. The van der Waals surface area contributed by atoms with Crippen molar-refractivity contribution in [1.82, 2.24) is 0 Å². The van der Waals surface area contributed by atoms with Crippen molar-refractivity contribution in [3.63, 3.8) is 0 Å². The summed E-state index contributed by atoms with van der Waals surface area (Å²) in [6.45, 7) is 9.34. The molecular weight excluding hydrogens is 230 g/mol. The van der Waals surface area contributed by atoms with E-state index in [9.17, 15) is 0 Å². The van der Waals surface area contributed by atoms with Gasteiger partial charge in [0.1, 0.15) is 0 Å². The van der Waals surface area contributed by atoms with E-state index in [0.29, 0.717) is 17.4 Å². The van der Waals surface area contributed by atoms with Crippen LogP contribution in [-0.2, 0) is 0 Å². The third kappa shape index (κ3) is 4.26. The van der Waals surface area contributed by atoms with Crippen LogP contribution >= 0.6 is 0 Å². The maximum absolute atomic E-state index is 3.75. The fourth-order valence-corrected chi connectivity index (χ4v) is 3.03. The molecule has 0 saturated heterocycles. The van der Waals surface area contributed by atoms with Crippen LogP contribution in [0.3, 0.4) is 0 Å². The largest absolute Gasteiger partial charge is 0.382 e. The molecule has 1 aliphatic carbocycles. The van der Waals surface area contributed by atoms with E-state index in [0.717, 1.165) is 0 Å². The van der Waals surface area contributed by atoms with Gasteiger partial charge >= 0.3 is 0 Å². The number of rotatable bonds is 3. The van der Waals surface area contributed by atoms with Gasteiger partial charge in [-0.2, -0.15) is 0 Å². The first-order valence-electron chi connectivity index (χ1n) is 7.83. The Hall–Kier alpha value is -0.980. The fourth-order valence-electron chi connectivity index (χ4n) is 3.03. The highest BCUT2D eigenvalue weighted by Gasteiger charge is 2.24. The second-order valence-corrected chi connectivity index (χ2v) is 7.22. The Morgan fingerprint density at radius 1 is 1.16 bits per heavy atom. The zero-order valence-corrected chi connectivity index (χ0v) is 13.0. The van der Waals surface area contributed by atoms with Crippen LogP contribution < -0.4 is 5.32 Å². The molecule has 19 heavy (non-hydrogen) atoms. The van der Waals surface area contributed by atoms with Crippen LogP contribution in [0, 0.1) is 5.41 Å². The summed E-state index contributed by atoms with van der Waals surface area (Å²) in [7, 11) is 0. The molecule has 0 amide bonds. The lowest BCUT2D eigenvalue weighted by molar-refractivity contribution is 0.313. The minimum atomic E-state index is 0.538. The summed E-state index contributed by atoms with van der Waals surface area (Å²) in [4.78, 5) is 0. The molecule has 1 heteroatoms. The molecule has 106 valence electrons. The van der Waals surface area contributed by atoms with Gasteiger partial charge in [0.25, 0.3) is 0 Å². The van der Waals surface area contributed by atoms with Gasteiger partial charge in [-0.1, -0.05) is 46.2 Å². The number of nitrogens with one attached hydrogen (secondary N) is 1. The quantitative estimate of drug-likeness (QED) is 0.699. The van der Waals surface area contributed by atoms with Gasteiger partial charge in [-0.15, -0.1) is 0 Å². The van der Waals surface area contributed by atoms with Gasteiger partial charge in [-0.3, -0.25) is 0 Å². The Morgan fingerprint density at radius 3 is 2.68 bits per heavy atom. The minimum absolute atomic E-state index is 0.538. The van der Waals surface area contributed by atoms with Gasteiger partial charge in [0.05, 0.1) is 0 Å². The molecule has 1 unspecified atom stereocenters. The van der Waals surface area contributed by atoms with Crippen molar-refractivity contribution in [3.8, 4) is 0 Å². The van der Waals surface area contributed by atoms with Crippen LogP contribution in [0.15, 0.2) is 24.3 Å². The molecule has 0 radical (unpaired) electrons. The van der Waals surface area contributed by atoms with E-state index in [1.165, 1.54) is 43.4 Å². The molecule has 0 heterocycles. The van der Waals surface area contributed by atoms with Crippen molar-refractivity contribution in [2.24, 2.45) is 5.41 Å². The molecule has 1 fully saturated rings. The van der Waals surface area contributed by atoms with Gasteiger partial charge in [-0.25, -0.2) is 0 Å². The van der Waals surface area contributed by atoms with Crippen LogP contribution in [0.25, 0.3) is 0 Å². The van der Waals surface area contributed by atoms with Crippen LogP contribution in [-0.4, -0.2) is 6.04 Å². The Labute approximate surface area is 118 Å². The highest BCUT2D eigenvalue weighted by atomic mass is 14.9. The number of hydrogen-bond donors (Lipinski definition) is 1. The number of hydrogen-bond acceptors (Lipinski definition) is 1. The van der Waals surface area contributed by atoms with Gasteiger partial charge in [0.2, 0.25) is 0 Å². The molecule has 0 aliphatic heterocycles. The van der Waals surface area contributed by atoms with Crippen molar-refractivity contribution < 1.29 is 0 Å². The van der Waals surface area contributed by atoms with Crippen molar-refractivity contribution >= 4 is 5.69 Å². The SMILES string of the molecule is CC(C)c1cccc(NC2CCCC(C)(C)CC2)c1. The summed E-state index contributed by atoms with van der Waals surface area (Å²) in [5.74, 6) is 0.606. The Balaban J connectivity index is 1.99. The molecule has 1 atom stereocenters. The fraction of sp³-hybridized carbons (Fsp3) is 0.667. The lowest BCUT2D eigenvalue weighted by Gasteiger charge is -2.22. The normalized spacial score (nSPS) is 23.1. The van der Waals surface area contributed by atoms with Crippen molar-refractivity contribution in [3.05, 3.63) is 29.8 Å². The Morgan fingerprint density at radius 2 is 1.95 bits per heavy atom. The number of anilines is 1. The van der Waals surface area contributed by atoms with E-state index < -0.39 is 0 Å². The van der Waals surface area contributed by atoms with E-state index >= 15 is 0 Å². The van der Waals surface area contributed by atoms with Crippen LogP contribution in [0.1, 0.15) is 71.3 Å². The lowest BCUT2D eigenvalue weighted by Crippen LogP contribution is -2.19. The Bertz CT molecular complexity index is 406. The van der Waals surface area contributed by atoms with Crippen molar-refractivity contribution in [1.29, 1.82) is 0 Å². The standard InChI is InChI=1S/C18H29N/c1-14(2)15-7-5-8-17(13-15)19-16-9-6-11-18(3,4)12-10-16/h5,7-8,13-14,16,19H,6,9-12H2,1-4H3. The van der Waals surface area contributed by atoms with E-state index in [4.69, 9.17) is 0 Å². The highest BCUT2D eigenvalue weighted by molar-refractivity contribution is 5.47. The van der Waals surface area contributed by atoms with E-state index in [1.54, 1.807) is 0 Å². The summed E-state index contributed by atoms with van der Waals surface area (Å²) in [6, 6.07) is 9.59. The predicted molar refractivity (Wildman–Crippen MR) is 84.8 cm³/mol. The van der Waals surface area contributed by atoms with Crippen LogP contribution in [0.5, 0.6) is 0 Å².